The molecular weight excluding hydrogens is 310 g/mol. The Morgan fingerprint density at radius 3 is 2.83 bits per heavy atom. The Morgan fingerprint density at radius 1 is 0.957 bits per heavy atom. The Morgan fingerprint density at radius 2 is 1.83 bits per heavy atom. The summed E-state index contributed by atoms with van der Waals surface area (Å²) in [4.78, 5) is 3.27. The lowest BCUT2D eigenvalue weighted by atomic mass is 10.2. The number of hydrogen-bond acceptors (Lipinski definition) is 5. The number of nitrogens with one attached hydrogen (secondary N) is 1. The van der Waals surface area contributed by atoms with Crippen molar-refractivity contribution in [3.63, 3.8) is 0 Å². The number of benzene rings is 2. The lowest BCUT2D eigenvalue weighted by molar-refractivity contribution is 0.174. The van der Waals surface area contributed by atoms with Crippen molar-refractivity contribution in [3.8, 4) is 32.6 Å². The lowest BCUT2D eigenvalue weighted by Gasteiger charge is -1.98. The average Bonchev–Trinajstić information content (AvgIpc) is 3.32. The van der Waals surface area contributed by atoms with Crippen LogP contribution in [0.25, 0.3) is 32.0 Å². The van der Waals surface area contributed by atoms with E-state index in [9.17, 15) is 0 Å². The predicted octanol–water partition coefficient (Wildman–Crippen LogP) is 4.08. The molecular formula is C17H11N3O2S. The Labute approximate surface area is 135 Å². The highest BCUT2D eigenvalue weighted by Gasteiger charge is 2.17. The third-order valence-corrected chi connectivity index (χ3v) is 4.87. The first-order chi connectivity index (χ1) is 11.4. The molecule has 1 aliphatic heterocycles. The van der Waals surface area contributed by atoms with Crippen molar-refractivity contribution in [2.75, 3.05) is 6.79 Å². The summed E-state index contributed by atoms with van der Waals surface area (Å²) in [7, 11) is 0. The quantitative estimate of drug-likeness (QED) is 0.604. The minimum Gasteiger partial charge on any atom is -0.454 e. The van der Waals surface area contributed by atoms with Crippen molar-refractivity contribution in [2.24, 2.45) is 0 Å². The molecule has 0 fully saturated rings. The SMILES string of the molecule is c1ccc2c(-c3nnc(-c4ccc5c(c4)OCO5)s3)c[nH]c2c1. The standard InChI is InChI=1S/C17H11N3O2S/c1-2-4-13-11(3-1)12(8-18-13)17-20-19-16(23-17)10-5-6-14-15(7-10)22-9-21-14/h1-8,18H,9H2. The molecule has 0 saturated carbocycles. The van der Waals surface area contributed by atoms with Gasteiger partial charge in [-0.25, -0.2) is 0 Å². The molecule has 2 aromatic heterocycles. The van der Waals surface area contributed by atoms with E-state index in [2.05, 4.69) is 27.3 Å². The fourth-order valence-corrected chi connectivity index (χ4v) is 3.60. The molecule has 112 valence electrons. The Balaban J connectivity index is 1.58. The van der Waals surface area contributed by atoms with Gasteiger partial charge in [0, 0.05) is 28.2 Å². The van der Waals surface area contributed by atoms with Gasteiger partial charge in [-0.3, -0.25) is 0 Å². The highest BCUT2D eigenvalue weighted by molar-refractivity contribution is 7.18. The zero-order valence-corrected chi connectivity index (χ0v) is 12.8. The van der Waals surface area contributed by atoms with Crippen LogP contribution in [0.15, 0.2) is 48.7 Å². The van der Waals surface area contributed by atoms with Crippen molar-refractivity contribution in [3.05, 3.63) is 48.7 Å². The van der Waals surface area contributed by atoms with Crippen LogP contribution in [0.4, 0.5) is 0 Å². The molecule has 1 N–H and O–H groups in total. The van der Waals surface area contributed by atoms with Crippen molar-refractivity contribution in [1.29, 1.82) is 0 Å². The summed E-state index contributed by atoms with van der Waals surface area (Å²) >= 11 is 1.57. The fraction of sp³-hybridized carbons (Fsp3) is 0.0588. The smallest absolute Gasteiger partial charge is 0.231 e. The van der Waals surface area contributed by atoms with E-state index in [4.69, 9.17) is 9.47 Å². The van der Waals surface area contributed by atoms with E-state index >= 15 is 0 Å². The highest BCUT2D eigenvalue weighted by Crippen LogP contribution is 2.38. The number of aromatic nitrogens is 3. The molecule has 5 rings (SSSR count). The number of aromatic amines is 1. The molecule has 4 aromatic rings. The number of nitrogens with zero attached hydrogens (tertiary/aromatic N) is 2. The topological polar surface area (TPSA) is 60.0 Å². The molecule has 0 amide bonds. The molecule has 0 unspecified atom stereocenters. The fourth-order valence-electron chi connectivity index (χ4n) is 2.73. The molecule has 0 saturated heterocycles. The number of ether oxygens (including phenoxy) is 2. The summed E-state index contributed by atoms with van der Waals surface area (Å²) in [6.07, 6.45) is 1.98. The average molecular weight is 321 g/mol. The first-order valence-electron chi connectivity index (χ1n) is 7.18. The van der Waals surface area contributed by atoms with E-state index in [0.717, 1.165) is 43.5 Å². The number of fused-ring (bicyclic) bond motifs is 2. The second kappa shape index (κ2) is 4.82. The minimum absolute atomic E-state index is 0.273. The molecule has 6 heteroatoms. The van der Waals surface area contributed by atoms with E-state index in [0.29, 0.717) is 0 Å². The van der Waals surface area contributed by atoms with Crippen molar-refractivity contribution in [2.45, 2.75) is 0 Å². The third-order valence-electron chi connectivity index (χ3n) is 3.86. The van der Waals surface area contributed by atoms with Crippen LogP contribution in [-0.2, 0) is 0 Å². The summed E-state index contributed by atoms with van der Waals surface area (Å²) < 4.78 is 10.8. The van der Waals surface area contributed by atoms with Gasteiger partial charge in [-0.15, -0.1) is 10.2 Å². The maximum absolute atomic E-state index is 5.43. The Kier molecular flexibility index (Phi) is 2.65. The molecule has 0 atom stereocenters. The van der Waals surface area contributed by atoms with Crippen LogP contribution < -0.4 is 9.47 Å². The summed E-state index contributed by atoms with van der Waals surface area (Å²) in [6, 6.07) is 14.0. The largest absolute Gasteiger partial charge is 0.454 e. The van der Waals surface area contributed by atoms with Gasteiger partial charge >= 0.3 is 0 Å². The van der Waals surface area contributed by atoms with Gasteiger partial charge in [0.05, 0.1) is 0 Å². The van der Waals surface area contributed by atoms with Gasteiger partial charge in [0.15, 0.2) is 11.5 Å². The number of para-hydroxylation sites is 1. The van der Waals surface area contributed by atoms with Gasteiger partial charge in [-0.05, 0) is 24.3 Å². The molecule has 5 nitrogen and oxygen atoms in total. The maximum Gasteiger partial charge on any atom is 0.231 e. The van der Waals surface area contributed by atoms with Gasteiger partial charge in [-0.1, -0.05) is 29.5 Å². The normalized spacial score (nSPS) is 12.9. The van der Waals surface area contributed by atoms with Crippen molar-refractivity contribution < 1.29 is 9.47 Å². The second-order valence-electron chi connectivity index (χ2n) is 5.23. The summed E-state index contributed by atoms with van der Waals surface area (Å²) in [5.41, 5.74) is 3.16. The number of rotatable bonds is 2. The first kappa shape index (κ1) is 12.7. The highest BCUT2D eigenvalue weighted by atomic mass is 32.1. The van der Waals surface area contributed by atoms with Gasteiger partial charge in [0.2, 0.25) is 6.79 Å². The molecule has 2 aromatic carbocycles. The van der Waals surface area contributed by atoms with E-state index < -0.39 is 0 Å². The molecule has 0 bridgehead atoms. The van der Waals surface area contributed by atoms with Crippen molar-refractivity contribution in [1.82, 2.24) is 15.2 Å². The van der Waals surface area contributed by atoms with Crippen LogP contribution in [-0.4, -0.2) is 22.0 Å². The van der Waals surface area contributed by atoms with Gasteiger partial charge in [-0.2, -0.15) is 0 Å². The van der Waals surface area contributed by atoms with Gasteiger partial charge < -0.3 is 14.5 Å². The van der Waals surface area contributed by atoms with Gasteiger partial charge in [0.25, 0.3) is 0 Å². The molecule has 23 heavy (non-hydrogen) atoms. The van der Waals surface area contributed by atoms with Crippen LogP contribution in [0, 0.1) is 0 Å². The monoisotopic (exact) mass is 321 g/mol. The Hall–Kier alpha value is -2.86. The second-order valence-corrected chi connectivity index (χ2v) is 6.21. The summed E-state index contributed by atoms with van der Waals surface area (Å²) in [5, 5.41) is 11.6. The maximum atomic E-state index is 5.43. The van der Waals surface area contributed by atoms with E-state index in [1.54, 1.807) is 11.3 Å². The van der Waals surface area contributed by atoms with Crippen LogP contribution in [0.3, 0.4) is 0 Å². The molecule has 0 radical (unpaired) electrons. The minimum atomic E-state index is 0.273. The first-order valence-corrected chi connectivity index (χ1v) is 8.00. The van der Waals surface area contributed by atoms with Crippen LogP contribution in [0.1, 0.15) is 0 Å². The zero-order chi connectivity index (χ0) is 15.2. The van der Waals surface area contributed by atoms with E-state index in [1.807, 2.05) is 36.5 Å². The molecule has 3 heterocycles. The van der Waals surface area contributed by atoms with Crippen LogP contribution in [0.2, 0.25) is 0 Å². The third kappa shape index (κ3) is 1.99. The molecule has 0 aliphatic carbocycles. The molecule has 1 aliphatic rings. The van der Waals surface area contributed by atoms with Gasteiger partial charge in [0.1, 0.15) is 10.0 Å². The predicted molar refractivity (Wildman–Crippen MR) is 88.8 cm³/mol. The summed E-state index contributed by atoms with van der Waals surface area (Å²) in [5.74, 6) is 1.53. The lowest BCUT2D eigenvalue weighted by Crippen LogP contribution is -1.92. The molecule has 0 spiro atoms. The Bertz CT molecular complexity index is 1020. The van der Waals surface area contributed by atoms with Crippen LogP contribution >= 0.6 is 11.3 Å². The van der Waals surface area contributed by atoms with Crippen LogP contribution in [0.5, 0.6) is 11.5 Å². The van der Waals surface area contributed by atoms with E-state index in [-0.39, 0.29) is 6.79 Å². The summed E-state index contributed by atoms with van der Waals surface area (Å²) in [6.45, 7) is 0.273. The zero-order valence-electron chi connectivity index (χ0n) is 11.9. The van der Waals surface area contributed by atoms with Crippen molar-refractivity contribution >= 4 is 22.2 Å². The number of H-pyrrole nitrogens is 1. The number of hydrogen-bond donors (Lipinski definition) is 1. The van der Waals surface area contributed by atoms with E-state index in [1.165, 1.54) is 0 Å².